The molecule has 2 aromatic rings. The third-order valence-corrected chi connectivity index (χ3v) is 6.75. The second-order valence-electron chi connectivity index (χ2n) is 7.07. The van der Waals surface area contributed by atoms with Crippen molar-refractivity contribution in [2.75, 3.05) is 18.0 Å². The number of fused-ring (bicyclic) bond motifs is 3. The van der Waals surface area contributed by atoms with Crippen molar-refractivity contribution in [1.29, 1.82) is 0 Å². The number of piperidine rings is 1. The van der Waals surface area contributed by atoms with Gasteiger partial charge in [-0.3, -0.25) is 0 Å². The van der Waals surface area contributed by atoms with Crippen molar-refractivity contribution in [2.24, 2.45) is 11.8 Å². The summed E-state index contributed by atoms with van der Waals surface area (Å²) in [7, 11) is 0. The van der Waals surface area contributed by atoms with Crippen LogP contribution in [0.2, 0.25) is 0 Å². The fraction of sp³-hybridized carbons (Fsp3) is 0.667. The van der Waals surface area contributed by atoms with Gasteiger partial charge in [0.05, 0.1) is 5.39 Å². The summed E-state index contributed by atoms with van der Waals surface area (Å²) in [6.45, 7) is 6.98. The molecule has 0 spiro atoms. The number of hydrogen-bond acceptors (Lipinski definition) is 4. The Hall–Kier alpha value is -1.16. The molecule has 1 aliphatic heterocycles. The Morgan fingerprint density at radius 2 is 2.05 bits per heavy atom. The van der Waals surface area contributed by atoms with Crippen molar-refractivity contribution in [3.8, 4) is 0 Å². The molecule has 1 saturated heterocycles. The number of thiophene rings is 1. The van der Waals surface area contributed by atoms with Gasteiger partial charge >= 0.3 is 0 Å². The SMILES string of the molecule is CC[C@@H]1CCc2c(sc3ncnc(N4CCC(C)CC4)c23)C1. The zero-order valence-electron chi connectivity index (χ0n) is 13.6. The zero-order chi connectivity index (χ0) is 15.1. The Morgan fingerprint density at radius 1 is 1.23 bits per heavy atom. The Kier molecular flexibility index (Phi) is 3.81. The first-order chi connectivity index (χ1) is 10.8. The third-order valence-electron chi connectivity index (χ3n) is 5.59. The number of aryl methyl sites for hydroxylation is 1. The van der Waals surface area contributed by atoms with E-state index in [1.807, 2.05) is 11.3 Å². The lowest BCUT2D eigenvalue weighted by Gasteiger charge is -2.32. The highest BCUT2D eigenvalue weighted by molar-refractivity contribution is 7.19. The van der Waals surface area contributed by atoms with Gasteiger partial charge in [-0.2, -0.15) is 0 Å². The molecule has 0 N–H and O–H groups in total. The quantitative estimate of drug-likeness (QED) is 0.820. The second kappa shape index (κ2) is 5.80. The molecule has 1 fully saturated rings. The summed E-state index contributed by atoms with van der Waals surface area (Å²) in [5.74, 6) is 2.94. The van der Waals surface area contributed by atoms with E-state index in [1.165, 1.54) is 54.6 Å². The Bertz CT molecular complexity index is 670. The van der Waals surface area contributed by atoms with E-state index in [-0.39, 0.29) is 0 Å². The summed E-state index contributed by atoms with van der Waals surface area (Å²) < 4.78 is 0. The fourth-order valence-electron chi connectivity index (χ4n) is 3.97. The zero-order valence-corrected chi connectivity index (χ0v) is 14.5. The molecule has 0 amide bonds. The van der Waals surface area contributed by atoms with Gasteiger partial charge in [0.15, 0.2) is 0 Å². The van der Waals surface area contributed by atoms with Crippen LogP contribution in [0, 0.1) is 11.8 Å². The minimum atomic E-state index is 0.857. The van der Waals surface area contributed by atoms with Crippen LogP contribution < -0.4 is 4.90 Å². The Balaban J connectivity index is 1.75. The molecule has 4 heteroatoms. The van der Waals surface area contributed by atoms with E-state index in [9.17, 15) is 0 Å². The molecule has 1 atom stereocenters. The van der Waals surface area contributed by atoms with Crippen LogP contribution in [0.15, 0.2) is 6.33 Å². The van der Waals surface area contributed by atoms with Crippen molar-refractivity contribution in [1.82, 2.24) is 9.97 Å². The minimum Gasteiger partial charge on any atom is -0.356 e. The smallest absolute Gasteiger partial charge is 0.141 e. The van der Waals surface area contributed by atoms with Gasteiger partial charge in [-0.15, -0.1) is 11.3 Å². The van der Waals surface area contributed by atoms with Crippen LogP contribution in [0.3, 0.4) is 0 Å². The molecule has 4 rings (SSSR count). The highest BCUT2D eigenvalue weighted by Crippen LogP contribution is 2.41. The monoisotopic (exact) mass is 315 g/mol. The van der Waals surface area contributed by atoms with Gasteiger partial charge in [0, 0.05) is 18.0 Å². The first kappa shape index (κ1) is 14.4. The summed E-state index contributed by atoms with van der Waals surface area (Å²) in [6.07, 6.45) is 9.46. The molecule has 118 valence electrons. The molecule has 2 aromatic heterocycles. The van der Waals surface area contributed by atoms with E-state index >= 15 is 0 Å². The highest BCUT2D eigenvalue weighted by Gasteiger charge is 2.26. The third kappa shape index (κ3) is 2.41. The van der Waals surface area contributed by atoms with Gasteiger partial charge in [0.2, 0.25) is 0 Å². The number of aromatic nitrogens is 2. The van der Waals surface area contributed by atoms with Crippen LogP contribution in [0.1, 0.15) is 50.0 Å². The Morgan fingerprint density at radius 3 is 2.82 bits per heavy atom. The van der Waals surface area contributed by atoms with Crippen molar-refractivity contribution < 1.29 is 0 Å². The van der Waals surface area contributed by atoms with Gasteiger partial charge < -0.3 is 4.90 Å². The van der Waals surface area contributed by atoms with Crippen LogP contribution in [-0.2, 0) is 12.8 Å². The predicted molar refractivity (Wildman–Crippen MR) is 93.8 cm³/mol. The van der Waals surface area contributed by atoms with Crippen LogP contribution in [-0.4, -0.2) is 23.1 Å². The molecule has 0 saturated carbocycles. The van der Waals surface area contributed by atoms with E-state index in [0.717, 1.165) is 24.9 Å². The molecule has 3 nitrogen and oxygen atoms in total. The van der Waals surface area contributed by atoms with Crippen LogP contribution in [0.4, 0.5) is 5.82 Å². The van der Waals surface area contributed by atoms with Crippen molar-refractivity contribution >= 4 is 27.4 Å². The first-order valence-electron chi connectivity index (χ1n) is 8.76. The lowest BCUT2D eigenvalue weighted by molar-refractivity contribution is 0.436. The van der Waals surface area contributed by atoms with E-state index in [0.29, 0.717) is 0 Å². The first-order valence-corrected chi connectivity index (χ1v) is 9.58. The van der Waals surface area contributed by atoms with Crippen molar-refractivity contribution in [3.63, 3.8) is 0 Å². The number of nitrogens with zero attached hydrogens (tertiary/aromatic N) is 3. The molecule has 1 aliphatic carbocycles. The number of rotatable bonds is 2. The topological polar surface area (TPSA) is 29.0 Å². The summed E-state index contributed by atoms with van der Waals surface area (Å²) in [5, 5.41) is 1.38. The molecular weight excluding hydrogens is 290 g/mol. The maximum Gasteiger partial charge on any atom is 0.141 e. The number of hydrogen-bond donors (Lipinski definition) is 0. The maximum atomic E-state index is 4.70. The van der Waals surface area contributed by atoms with Gasteiger partial charge in [0.1, 0.15) is 17.0 Å². The summed E-state index contributed by atoms with van der Waals surface area (Å²) in [6, 6.07) is 0. The van der Waals surface area contributed by atoms with E-state index < -0.39 is 0 Å². The van der Waals surface area contributed by atoms with Gasteiger partial charge in [-0.05, 0) is 49.5 Å². The highest BCUT2D eigenvalue weighted by atomic mass is 32.1. The molecule has 0 aromatic carbocycles. The van der Waals surface area contributed by atoms with Gasteiger partial charge in [0.25, 0.3) is 0 Å². The van der Waals surface area contributed by atoms with Gasteiger partial charge in [-0.25, -0.2) is 9.97 Å². The average molecular weight is 315 g/mol. The van der Waals surface area contributed by atoms with Crippen LogP contribution in [0.25, 0.3) is 10.2 Å². The van der Waals surface area contributed by atoms with Crippen molar-refractivity contribution in [3.05, 3.63) is 16.8 Å². The maximum absolute atomic E-state index is 4.70. The summed E-state index contributed by atoms with van der Waals surface area (Å²) in [4.78, 5) is 14.6. The molecule has 0 radical (unpaired) electrons. The standard InChI is InChI=1S/C18H25N3S/c1-3-13-4-5-14-15(10-13)22-18-16(14)17(19-11-20-18)21-8-6-12(2)7-9-21/h11-13H,3-10H2,1-2H3/t13-/m1/s1. The molecule has 0 bridgehead atoms. The lowest BCUT2D eigenvalue weighted by atomic mass is 9.86. The average Bonchev–Trinajstić information content (AvgIpc) is 2.93. The largest absolute Gasteiger partial charge is 0.356 e. The lowest BCUT2D eigenvalue weighted by Crippen LogP contribution is -2.33. The molecule has 22 heavy (non-hydrogen) atoms. The summed E-state index contributed by atoms with van der Waals surface area (Å²) in [5.41, 5.74) is 1.57. The van der Waals surface area contributed by atoms with E-state index in [2.05, 4.69) is 23.7 Å². The predicted octanol–water partition coefficient (Wildman–Crippen LogP) is 4.44. The fourth-order valence-corrected chi connectivity index (χ4v) is 5.27. The van der Waals surface area contributed by atoms with Gasteiger partial charge in [-0.1, -0.05) is 20.3 Å². The minimum absolute atomic E-state index is 0.857. The molecular formula is C18H25N3S. The van der Waals surface area contributed by atoms with Crippen LogP contribution >= 0.6 is 11.3 Å². The second-order valence-corrected chi connectivity index (χ2v) is 8.15. The molecule has 2 aliphatic rings. The molecule has 0 unspecified atom stereocenters. The van der Waals surface area contributed by atoms with E-state index in [4.69, 9.17) is 4.98 Å². The van der Waals surface area contributed by atoms with E-state index in [1.54, 1.807) is 16.8 Å². The number of anilines is 1. The summed E-state index contributed by atoms with van der Waals surface area (Å²) >= 11 is 1.92. The Labute approximate surface area is 136 Å². The van der Waals surface area contributed by atoms with Crippen molar-refractivity contribution in [2.45, 2.75) is 52.4 Å². The molecule has 3 heterocycles. The normalized spacial score (nSPS) is 23.0. The van der Waals surface area contributed by atoms with Crippen LogP contribution in [0.5, 0.6) is 0 Å².